The highest BCUT2D eigenvalue weighted by atomic mass is 28.4. The molecule has 0 aliphatic heterocycles. The predicted molar refractivity (Wildman–Crippen MR) is 138 cm³/mol. The van der Waals surface area contributed by atoms with E-state index < -0.39 is 55.9 Å². The first kappa shape index (κ1) is 32.2. The van der Waals surface area contributed by atoms with Crippen LogP contribution in [0.25, 0.3) is 0 Å². The molecule has 0 aromatic carbocycles. The topological polar surface area (TPSA) is 118 Å². The maximum Gasteiger partial charge on any atom is 0.303 e. The zero-order chi connectivity index (χ0) is 27.7. The number of hydrogen-bond acceptors (Lipinski definition) is 9. The number of aliphatic hydroxyl groups is 1. The van der Waals surface area contributed by atoms with Gasteiger partial charge < -0.3 is 28.5 Å². The van der Waals surface area contributed by atoms with Gasteiger partial charge in [0.25, 0.3) is 0 Å². The standard InChI is InChI=1S/C26H44O9Si/c1-10-11-15-26(35-36(7,8)9)16-14-21(30)24(26)20(29)12-13-22(33-19(3)28)23(17-32-18(2)27)34-25(4,5)31-6/h12-14,16,20,22-24,29H,10-11,15,17H2,1-9H3/b13-12+/t20?,22-,23+,24?,26?/m0/s1. The summed E-state index contributed by atoms with van der Waals surface area (Å²) in [5, 5.41) is 11.2. The Morgan fingerprint density at radius 1 is 1.19 bits per heavy atom. The van der Waals surface area contributed by atoms with Crippen molar-refractivity contribution >= 4 is 26.0 Å². The lowest BCUT2D eigenvalue weighted by Gasteiger charge is -2.40. The summed E-state index contributed by atoms with van der Waals surface area (Å²) < 4.78 is 28.3. The largest absolute Gasteiger partial charge is 0.463 e. The van der Waals surface area contributed by atoms with Gasteiger partial charge in [-0.05, 0) is 58.1 Å². The zero-order valence-corrected chi connectivity index (χ0v) is 24.2. The fourth-order valence-corrected chi connectivity index (χ4v) is 5.55. The van der Waals surface area contributed by atoms with Crippen LogP contribution < -0.4 is 0 Å². The summed E-state index contributed by atoms with van der Waals surface area (Å²) in [6, 6.07) is 0. The van der Waals surface area contributed by atoms with Crippen LogP contribution in [0.1, 0.15) is 53.9 Å². The van der Waals surface area contributed by atoms with Crippen molar-refractivity contribution < 1.29 is 42.9 Å². The lowest BCUT2D eigenvalue weighted by Crippen LogP contribution is -2.50. The second-order valence-electron chi connectivity index (χ2n) is 10.5. The van der Waals surface area contributed by atoms with E-state index in [1.54, 1.807) is 19.9 Å². The van der Waals surface area contributed by atoms with Crippen LogP contribution >= 0.6 is 0 Å². The highest BCUT2D eigenvalue weighted by Gasteiger charge is 2.50. The highest BCUT2D eigenvalue weighted by molar-refractivity contribution is 6.69. The van der Waals surface area contributed by atoms with Gasteiger partial charge in [0.05, 0.1) is 17.6 Å². The van der Waals surface area contributed by atoms with Crippen molar-refractivity contribution in [2.24, 2.45) is 5.92 Å². The van der Waals surface area contributed by atoms with Crippen LogP contribution in [0.15, 0.2) is 24.3 Å². The third-order valence-electron chi connectivity index (χ3n) is 5.67. The summed E-state index contributed by atoms with van der Waals surface area (Å²) in [6.45, 7) is 13.8. The van der Waals surface area contributed by atoms with Gasteiger partial charge in [-0.15, -0.1) is 0 Å². The second kappa shape index (κ2) is 13.6. The van der Waals surface area contributed by atoms with Gasteiger partial charge in [-0.25, -0.2) is 0 Å². The highest BCUT2D eigenvalue weighted by Crippen LogP contribution is 2.40. The van der Waals surface area contributed by atoms with Crippen molar-refractivity contribution in [2.75, 3.05) is 13.7 Å². The second-order valence-corrected chi connectivity index (χ2v) is 14.9. The molecule has 9 nitrogen and oxygen atoms in total. The van der Waals surface area contributed by atoms with Crippen LogP contribution in [0.5, 0.6) is 0 Å². The Hall–Kier alpha value is -1.85. The summed E-state index contributed by atoms with van der Waals surface area (Å²) in [7, 11) is -0.634. The predicted octanol–water partition coefficient (Wildman–Crippen LogP) is 3.70. The Bertz CT molecular complexity index is 815. The van der Waals surface area contributed by atoms with E-state index in [1.165, 1.54) is 39.2 Å². The quantitative estimate of drug-likeness (QED) is 0.147. The van der Waals surface area contributed by atoms with E-state index in [2.05, 4.69) is 6.92 Å². The van der Waals surface area contributed by atoms with E-state index in [9.17, 15) is 19.5 Å². The van der Waals surface area contributed by atoms with Gasteiger partial charge in [-0.2, -0.15) is 0 Å². The fraction of sp³-hybridized carbons (Fsp3) is 0.731. The maximum absolute atomic E-state index is 12.9. The molecule has 0 aromatic heterocycles. The average molecular weight is 529 g/mol. The van der Waals surface area contributed by atoms with E-state index in [4.69, 9.17) is 23.4 Å². The minimum Gasteiger partial charge on any atom is -0.463 e. The normalized spacial score (nSPS) is 23.1. The Morgan fingerprint density at radius 3 is 2.33 bits per heavy atom. The maximum atomic E-state index is 12.9. The van der Waals surface area contributed by atoms with Gasteiger partial charge in [-0.3, -0.25) is 14.4 Å². The molecular weight excluding hydrogens is 484 g/mol. The molecule has 3 unspecified atom stereocenters. The van der Waals surface area contributed by atoms with E-state index >= 15 is 0 Å². The number of aliphatic hydroxyl groups excluding tert-OH is 1. The molecule has 0 heterocycles. The van der Waals surface area contributed by atoms with Gasteiger partial charge in [-0.1, -0.05) is 25.8 Å². The molecule has 0 spiro atoms. The SMILES string of the molecule is CCCCC1(O[Si](C)(C)C)C=CC(=O)C1C(O)/C=C/[C@H](OC(C)=O)[C@@H](COC(C)=O)OC(C)(C)OC. The molecule has 0 saturated carbocycles. The molecule has 0 amide bonds. The van der Waals surface area contributed by atoms with E-state index in [0.717, 1.165) is 12.8 Å². The van der Waals surface area contributed by atoms with Crippen molar-refractivity contribution in [3.05, 3.63) is 24.3 Å². The Kier molecular flexibility index (Phi) is 12.2. The summed E-state index contributed by atoms with van der Waals surface area (Å²) in [5.74, 6) is -3.27. The molecule has 0 aromatic rings. The molecular formula is C26H44O9Si. The van der Waals surface area contributed by atoms with Crippen LogP contribution in [-0.4, -0.2) is 74.6 Å². The number of ketones is 1. The molecule has 0 fully saturated rings. The third-order valence-corrected chi connectivity index (χ3v) is 6.66. The third kappa shape index (κ3) is 10.3. The van der Waals surface area contributed by atoms with Crippen LogP contribution in [0.2, 0.25) is 19.6 Å². The smallest absolute Gasteiger partial charge is 0.303 e. The number of allylic oxidation sites excluding steroid dienone is 1. The Labute approximate surface area is 216 Å². The molecule has 1 N–H and O–H groups in total. The molecule has 1 rings (SSSR count). The first-order valence-corrected chi connectivity index (χ1v) is 15.8. The first-order chi connectivity index (χ1) is 16.6. The number of carbonyl (C=O) groups is 3. The number of carbonyl (C=O) groups excluding carboxylic acids is 3. The lowest BCUT2D eigenvalue weighted by molar-refractivity contribution is -0.246. The van der Waals surface area contributed by atoms with Crippen LogP contribution in [-0.2, 0) is 37.8 Å². The van der Waals surface area contributed by atoms with E-state index in [0.29, 0.717) is 6.42 Å². The monoisotopic (exact) mass is 528 g/mol. The van der Waals surface area contributed by atoms with Crippen molar-refractivity contribution in [1.82, 2.24) is 0 Å². The van der Waals surface area contributed by atoms with Crippen LogP contribution in [0, 0.1) is 5.92 Å². The van der Waals surface area contributed by atoms with Crippen molar-refractivity contribution in [3.63, 3.8) is 0 Å². The van der Waals surface area contributed by atoms with Gasteiger partial charge in [0.2, 0.25) is 0 Å². The number of rotatable bonds is 15. The van der Waals surface area contributed by atoms with Gasteiger partial charge >= 0.3 is 11.9 Å². The van der Waals surface area contributed by atoms with Gasteiger partial charge in [0.15, 0.2) is 19.9 Å². The minimum atomic E-state index is -2.09. The molecule has 1 aliphatic rings. The Balaban J connectivity index is 3.32. The summed E-state index contributed by atoms with van der Waals surface area (Å²) in [4.78, 5) is 36.2. The molecule has 0 bridgehead atoms. The van der Waals surface area contributed by atoms with E-state index in [1.807, 2.05) is 19.6 Å². The van der Waals surface area contributed by atoms with Crippen molar-refractivity contribution in [3.8, 4) is 0 Å². The average Bonchev–Trinajstić information content (AvgIpc) is 3.06. The number of hydrogen-bond donors (Lipinski definition) is 1. The van der Waals surface area contributed by atoms with E-state index in [-0.39, 0.29) is 12.4 Å². The fourth-order valence-electron chi connectivity index (χ4n) is 4.11. The van der Waals surface area contributed by atoms with Crippen LogP contribution in [0.3, 0.4) is 0 Å². The van der Waals surface area contributed by atoms with Crippen LogP contribution in [0.4, 0.5) is 0 Å². The molecule has 1 aliphatic carbocycles. The first-order valence-electron chi connectivity index (χ1n) is 12.4. The lowest BCUT2D eigenvalue weighted by atomic mass is 9.81. The number of methoxy groups -OCH3 is 1. The molecule has 36 heavy (non-hydrogen) atoms. The van der Waals surface area contributed by atoms with Gasteiger partial charge in [0.1, 0.15) is 18.8 Å². The zero-order valence-electron chi connectivity index (χ0n) is 23.2. The summed E-state index contributed by atoms with van der Waals surface area (Å²) in [5.41, 5.74) is -0.913. The number of esters is 2. The molecule has 10 heteroatoms. The minimum absolute atomic E-state index is 0.219. The molecule has 5 atom stereocenters. The van der Waals surface area contributed by atoms with Gasteiger partial charge in [0, 0.05) is 21.0 Å². The van der Waals surface area contributed by atoms with Crippen molar-refractivity contribution in [1.29, 1.82) is 0 Å². The number of unbranched alkanes of at least 4 members (excludes halogenated alkanes) is 1. The van der Waals surface area contributed by atoms with Crippen molar-refractivity contribution in [2.45, 2.75) is 103 Å². The summed E-state index contributed by atoms with van der Waals surface area (Å²) in [6.07, 6.45) is 5.29. The Morgan fingerprint density at radius 2 is 1.83 bits per heavy atom. The molecule has 206 valence electrons. The summed E-state index contributed by atoms with van der Waals surface area (Å²) >= 11 is 0. The number of ether oxygens (including phenoxy) is 4. The molecule has 0 radical (unpaired) electrons. The molecule has 0 saturated heterocycles.